The Bertz CT molecular complexity index is 676. The summed E-state index contributed by atoms with van der Waals surface area (Å²) in [4.78, 5) is 13.1. The number of hydrogen-bond donors (Lipinski definition) is 1. The lowest BCUT2D eigenvalue weighted by Gasteiger charge is -2.31. The maximum absolute atomic E-state index is 12.8. The molecule has 2 rings (SSSR count). The van der Waals surface area contributed by atoms with E-state index >= 15 is 0 Å². The van der Waals surface area contributed by atoms with Gasteiger partial charge in [-0.2, -0.15) is 4.31 Å². The number of carbonyl (C=O) groups excluding carboxylic acids is 1. The van der Waals surface area contributed by atoms with E-state index in [4.69, 9.17) is 4.74 Å². The van der Waals surface area contributed by atoms with Gasteiger partial charge in [-0.25, -0.2) is 13.2 Å². The molecule has 1 aliphatic heterocycles. The predicted octanol–water partition coefficient (Wildman–Crippen LogP) is 0.651. The van der Waals surface area contributed by atoms with Crippen molar-refractivity contribution in [2.75, 3.05) is 32.7 Å². The van der Waals surface area contributed by atoms with Crippen molar-refractivity contribution in [1.29, 1.82) is 0 Å². The summed E-state index contributed by atoms with van der Waals surface area (Å²) in [7, 11) is -3.47. The molecule has 0 saturated carbocycles. The van der Waals surface area contributed by atoms with Gasteiger partial charge in [-0.3, -0.25) is 0 Å². The molecule has 1 heterocycles. The smallest absolute Gasteiger partial charge is 0.361 e. The highest BCUT2D eigenvalue weighted by molar-refractivity contribution is 7.89. The normalized spacial score (nSPS) is 17.2. The first kappa shape index (κ1) is 19.9. The second-order valence-corrected chi connectivity index (χ2v) is 9.03. The molecule has 0 aliphatic carbocycles. The number of hydrogen-bond acceptors (Lipinski definition) is 4. The molecule has 1 fully saturated rings. The van der Waals surface area contributed by atoms with E-state index < -0.39 is 10.0 Å². The largest absolute Gasteiger partial charge is 0.459 e. The van der Waals surface area contributed by atoms with Gasteiger partial charge in [0.1, 0.15) is 0 Å². The summed E-state index contributed by atoms with van der Waals surface area (Å²) in [5.74, 6) is 0.139. The summed E-state index contributed by atoms with van der Waals surface area (Å²) in [6.45, 7) is 10.1. The van der Waals surface area contributed by atoms with Gasteiger partial charge < -0.3 is 9.64 Å². The quantitative estimate of drug-likeness (QED) is 0.748. The molecule has 0 unspecified atom stereocenters. The maximum atomic E-state index is 12.8. The lowest BCUT2D eigenvalue weighted by Crippen LogP contribution is -3.15. The lowest BCUT2D eigenvalue weighted by atomic mass is 10.0. The summed E-state index contributed by atoms with van der Waals surface area (Å²) >= 11 is 0. The molecule has 0 spiro atoms. The maximum Gasteiger partial charge on any atom is 0.361 e. The topological polar surface area (TPSA) is 68.1 Å². The highest BCUT2D eigenvalue weighted by Gasteiger charge is 2.31. The molecule has 1 N–H and O–H groups in total. The molecule has 0 aromatic heterocycles. The summed E-state index contributed by atoms with van der Waals surface area (Å²) in [5, 5.41) is 0. The molecular formula is C18H29N2O4S+. The predicted molar refractivity (Wildman–Crippen MR) is 96.1 cm³/mol. The highest BCUT2D eigenvalue weighted by atomic mass is 32.2. The molecule has 140 valence electrons. The van der Waals surface area contributed by atoms with Crippen LogP contribution in [0.25, 0.3) is 0 Å². The number of rotatable bonds is 6. The van der Waals surface area contributed by atoms with Gasteiger partial charge >= 0.3 is 5.97 Å². The van der Waals surface area contributed by atoms with Crippen LogP contribution in [0.15, 0.2) is 29.2 Å². The number of nitrogens with zero attached hydrogens (tertiary/aromatic N) is 1. The molecule has 0 radical (unpaired) electrons. The third-order valence-electron chi connectivity index (χ3n) is 4.38. The van der Waals surface area contributed by atoms with Gasteiger partial charge in [0.15, 0.2) is 6.54 Å². The number of ether oxygens (including phenoxy) is 1. The van der Waals surface area contributed by atoms with Crippen LogP contribution in [-0.2, 0) is 19.6 Å². The van der Waals surface area contributed by atoms with E-state index in [1.54, 1.807) is 12.1 Å². The Morgan fingerprint density at radius 1 is 1.12 bits per heavy atom. The fourth-order valence-electron chi connectivity index (χ4n) is 2.90. The summed E-state index contributed by atoms with van der Waals surface area (Å²) in [6.07, 6.45) is -0.123. The van der Waals surface area contributed by atoms with Crippen LogP contribution >= 0.6 is 0 Å². The first-order valence-corrected chi connectivity index (χ1v) is 10.3. The number of esters is 1. The molecule has 1 saturated heterocycles. The number of piperazine rings is 1. The van der Waals surface area contributed by atoms with Crippen molar-refractivity contribution in [1.82, 2.24) is 4.31 Å². The molecule has 6 nitrogen and oxygen atoms in total. The minimum atomic E-state index is -3.47. The van der Waals surface area contributed by atoms with E-state index in [1.807, 2.05) is 26.0 Å². The van der Waals surface area contributed by atoms with Crippen LogP contribution in [-0.4, -0.2) is 57.5 Å². The third-order valence-corrected chi connectivity index (χ3v) is 6.29. The van der Waals surface area contributed by atoms with Crippen LogP contribution in [0.5, 0.6) is 0 Å². The van der Waals surface area contributed by atoms with Crippen molar-refractivity contribution in [3.05, 3.63) is 29.8 Å². The van der Waals surface area contributed by atoms with Gasteiger partial charge in [-0.05, 0) is 37.5 Å². The Morgan fingerprint density at radius 3 is 2.16 bits per heavy atom. The molecule has 0 bridgehead atoms. The fourth-order valence-corrected chi connectivity index (χ4v) is 4.34. The average Bonchev–Trinajstić information content (AvgIpc) is 2.54. The molecule has 1 aromatic carbocycles. The van der Waals surface area contributed by atoms with Crippen molar-refractivity contribution in [3.63, 3.8) is 0 Å². The summed E-state index contributed by atoms with van der Waals surface area (Å²) in [6, 6.07) is 7.12. The fraction of sp³-hybridized carbons (Fsp3) is 0.611. The van der Waals surface area contributed by atoms with Gasteiger partial charge in [0, 0.05) is 0 Å². The van der Waals surface area contributed by atoms with Gasteiger partial charge in [0.25, 0.3) is 0 Å². The van der Waals surface area contributed by atoms with E-state index in [9.17, 15) is 13.2 Å². The Balaban J connectivity index is 1.95. The molecule has 0 amide bonds. The number of sulfonamides is 1. The van der Waals surface area contributed by atoms with Gasteiger partial charge in [-0.1, -0.05) is 26.0 Å². The van der Waals surface area contributed by atoms with Gasteiger partial charge in [-0.15, -0.1) is 0 Å². The molecule has 1 aromatic rings. The number of quaternary nitrogens is 1. The SMILES string of the molecule is CC(C)OC(=O)C[NH+]1CCN(S(=O)(=O)c2ccc(C(C)C)cc2)CC1. The van der Waals surface area contributed by atoms with E-state index in [0.29, 0.717) is 37.0 Å². The number of benzene rings is 1. The van der Waals surface area contributed by atoms with Crippen molar-refractivity contribution >= 4 is 16.0 Å². The Kier molecular flexibility index (Phi) is 6.59. The molecule has 25 heavy (non-hydrogen) atoms. The van der Waals surface area contributed by atoms with Gasteiger partial charge in [0.2, 0.25) is 10.0 Å². The monoisotopic (exact) mass is 369 g/mol. The zero-order chi connectivity index (χ0) is 18.6. The van der Waals surface area contributed by atoms with Crippen molar-refractivity contribution in [2.45, 2.75) is 44.6 Å². The van der Waals surface area contributed by atoms with Crippen LogP contribution in [0.2, 0.25) is 0 Å². The van der Waals surface area contributed by atoms with Crippen LogP contribution in [0.3, 0.4) is 0 Å². The summed E-state index contributed by atoms with van der Waals surface area (Å²) < 4.78 is 32.2. The zero-order valence-corrected chi connectivity index (χ0v) is 16.3. The summed E-state index contributed by atoms with van der Waals surface area (Å²) in [5.41, 5.74) is 1.12. The Hall–Kier alpha value is -1.44. The zero-order valence-electron chi connectivity index (χ0n) is 15.5. The van der Waals surface area contributed by atoms with E-state index in [2.05, 4.69) is 13.8 Å². The average molecular weight is 370 g/mol. The molecule has 1 aliphatic rings. The lowest BCUT2D eigenvalue weighted by molar-refractivity contribution is -0.896. The third kappa shape index (κ3) is 5.26. The first-order valence-electron chi connectivity index (χ1n) is 8.83. The molecule has 0 atom stereocenters. The van der Waals surface area contributed by atoms with E-state index in [-0.39, 0.29) is 18.6 Å². The number of nitrogens with one attached hydrogen (secondary N) is 1. The number of carbonyl (C=O) groups is 1. The molecular weight excluding hydrogens is 340 g/mol. The van der Waals surface area contributed by atoms with Crippen LogP contribution in [0, 0.1) is 0 Å². The minimum Gasteiger partial charge on any atom is -0.459 e. The first-order chi connectivity index (χ1) is 11.7. The second kappa shape index (κ2) is 8.29. The van der Waals surface area contributed by atoms with E-state index in [1.165, 1.54) is 4.31 Å². The standard InChI is InChI=1S/C18H28N2O4S/c1-14(2)16-5-7-17(8-6-16)25(22,23)20-11-9-19(10-12-20)13-18(21)24-15(3)4/h5-8,14-15H,9-13H2,1-4H3/p+1. The highest BCUT2D eigenvalue weighted by Crippen LogP contribution is 2.20. The van der Waals surface area contributed by atoms with Crippen molar-refractivity contribution in [3.8, 4) is 0 Å². The van der Waals surface area contributed by atoms with E-state index in [0.717, 1.165) is 10.5 Å². The van der Waals surface area contributed by atoms with Crippen LogP contribution < -0.4 is 4.90 Å². The second-order valence-electron chi connectivity index (χ2n) is 7.09. The van der Waals surface area contributed by atoms with Crippen molar-refractivity contribution in [2.24, 2.45) is 0 Å². The van der Waals surface area contributed by atoms with Crippen LogP contribution in [0.1, 0.15) is 39.2 Å². The Morgan fingerprint density at radius 2 is 1.68 bits per heavy atom. The Labute approximate surface area is 150 Å². The van der Waals surface area contributed by atoms with Crippen molar-refractivity contribution < 1.29 is 22.8 Å². The minimum absolute atomic E-state index is 0.123. The van der Waals surface area contributed by atoms with Gasteiger partial charge in [0.05, 0.1) is 37.2 Å². The van der Waals surface area contributed by atoms with Crippen LogP contribution in [0.4, 0.5) is 0 Å². The molecule has 7 heteroatoms.